The number of halogens is 1. The molecule has 2 aromatic carbocycles. The van der Waals surface area contributed by atoms with Crippen molar-refractivity contribution in [3.8, 4) is 0 Å². The Balaban J connectivity index is 1.83. The number of rotatable bonds is 3. The molecule has 1 atom stereocenters. The van der Waals surface area contributed by atoms with Crippen molar-refractivity contribution < 1.29 is 9.59 Å². The summed E-state index contributed by atoms with van der Waals surface area (Å²) in [5, 5.41) is 0.628. The molecule has 4 heteroatoms. The molecular weight excluding hydrogens is 298 g/mol. The van der Waals surface area contributed by atoms with Crippen LogP contribution in [0.4, 0.5) is 5.69 Å². The third-order valence-electron chi connectivity index (χ3n) is 4.05. The molecule has 112 valence electrons. The maximum atomic E-state index is 12.6. The van der Waals surface area contributed by atoms with E-state index in [0.29, 0.717) is 23.6 Å². The van der Waals surface area contributed by atoms with Gasteiger partial charge in [-0.3, -0.25) is 9.59 Å². The summed E-state index contributed by atoms with van der Waals surface area (Å²) in [7, 11) is 0. The van der Waals surface area contributed by atoms with Crippen LogP contribution in [-0.4, -0.2) is 18.2 Å². The van der Waals surface area contributed by atoms with Crippen LogP contribution in [0.1, 0.15) is 22.3 Å². The summed E-state index contributed by atoms with van der Waals surface area (Å²) >= 11 is 6.13. The minimum atomic E-state index is -0.595. The highest BCUT2D eigenvalue weighted by atomic mass is 35.5. The molecule has 0 N–H and O–H groups in total. The van der Waals surface area contributed by atoms with Crippen LogP contribution >= 0.6 is 11.6 Å². The van der Waals surface area contributed by atoms with Gasteiger partial charge in [-0.1, -0.05) is 48.0 Å². The van der Waals surface area contributed by atoms with Crippen molar-refractivity contribution >= 4 is 29.0 Å². The highest BCUT2D eigenvalue weighted by Crippen LogP contribution is 2.30. The molecule has 0 bridgehead atoms. The molecule has 1 aliphatic heterocycles. The van der Waals surface area contributed by atoms with E-state index >= 15 is 0 Å². The molecule has 1 fully saturated rings. The second-order valence-corrected chi connectivity index (χ2v) is 5.90. The van der Waals surface area contributed by atoms with E-state index in [9.17, 15) is 9.59 Å². The van der Waals surface area contributed by atoms with Gasteiger partial charge >= 0.3 is 0 Å². The topological polar surface area (TPSA) is 37.4 Å². The summed E-state index contributed by atoms with van der Waals surface area (Å²) in [5.74, 6) is -0.845. The molecule has 0 aromatic heterocycles. The second kappa shape index (κ2) is 5.93. The molecule has 0 radical (unpaired) electrons. The Labute approximate surface area is 134 Å². The zero-order valence-corrected chi connectivity index (χ0v) is 13.0. The van der Waals surface area contributed by atoms with Crippen molar-refractivity contribution in [1.82, 2.24) is 0 Å². The minimum Gasteiger partial charge on any atom is -0.312 e. The molecule has 1 amide bonds. The average molecular weight is 314 g/mol. The fourth-order valence-electron chi connectivity index (χ4n) is 2.73. The van der Waals surface area contributed by atoms with Crippen LogP contribution in [0.3, 0.4) is 0 Å². The van der Waals surface area contributed by atoms with Gasteiger partial charge in [0.05, 0.1) is 0 Å². The Morgan fingerprint density at radius 2 is 1.91 bits per heavy atom. The van der Waals surface area contributed by atoms with E-state index in [1.165, 1.54) is 0 Å². The first kappa shape index (κ1) is 14.8. The number of Topliss-reactive ketones (excluding diaryl/α,β-unsaturated/α-hetero) is 1. The van der Waals surface area contributed by atoms with Gasteiger partial charge in [-0.15, -0.1) is 0 Å². The van der Waals surface area contributed by atoms with Gasteiger partial charge in [0.25, 0.3) is 0 Å². The van der Waals surface area contributed by atoms with Crippen LogP contribution in [0.2, 0.25) is 5.02 Å². The largest absolute Gasteiger partial charge is 0.312 e. The van der Waals surface area contributed by atoms with E-state index in [-0.39, 0.29) is 11.7 Å². The molecule has 0 saturated carbocycles. The van der Waals surface area contributed by atoms with Crippen molar-refractivity contribution in [3.63, 3.8) is 0 Å². The molecule has 3 rings (SSSR count). The van der Waals surface area contributed by atoms with Gasteiger partial charge in [0.1, 0.15) is 5.92 Å². The van der Waals surface area contributed by atoms with Gasteiger partial charge in [-0.05, 0) is 31.0 Å². The maximum Gasteiger partial charge on any atom is 0.238 e. The average Bonchev–Trinajstić information content (AvgIpc) is 2.92. The van der Waals surface area contributed by atoms with E-state index in [0.717, 1.165) is 11.3 Å². The lowest BCUT2D eigenvalue weighted by Gasteiger charge is -2.17. The maximum absolute atomic E-state index is 12.6. The van der Waals surface area contributed by atoms with Crippen LogP contribution in [0.5, 0.6) is 0 Å². The number of anilines is 1. The molecule has 22 heavy (non-hydrogen) atoms. The van der Waals surface area contributed by atoms with Crippen molar-refractivity contribution in [3.05, 3.63) is 64.7 Å². The number of amides is 1. The number of aryl methyl sites for hydroxylation is 1. The van der Waals surface area contributed by atoms with Crippen LogP contribution in [0.15, 0.2) is 48.5 Å². The molecule has 2 aromatic rings. The van der Waals surface area contributed by atoms with Gasteiger partial charge in [0, 0.05) is 22.8 Å². The van der Waals surface area contributed by atoms with E-state index in [4.69, 9.17) is 11.6 Å². The summed E-state index contributed by atoms with van der Waals surface area (Å²) < 4.78 is 0. The molecule has 1 heterocycles. The van der Waals surface area contributed by atoms with Crippen molar-refractivity contribution in [2.45, 2.75) is 13.3 Å². The number of benzene rings is 2. The standard InChI is InChI=1S/C18H16ClNO2/c1-12-7-8-14(11-16(12)19)20-10-9-15(18(20)22)17(21)13-5-3-2-4-6-13/h2-8,11,15H,9-10H2,1H3. The number of ketones is 1. The monoisotopic (exact) mass is 313 g/mol. The van der Waals surface area contributed by atoms with E-state index < -0.39 is 5.92 Å². The molecule has 1 unspecified atom stereocenters. The van der Waals surface area contributed by atoms with E-state index in [1.807, 2.05) is 37.3 Å². The third-order valence-corrected chi connectivity index (χ3v) is 4.45. The van der Waals surface area contributed by atoms with Crippen molar-refractivity contribution in [1.29, 1.82) is 0 Å². The molecule has 3 nitrogen and oxygen atoms in total. The highest BCUT2D eigenvalue weighted by molar-refractivity contribution is 6.31. The Hall–Kier alpha value is -2.13. The summed E-state index contributed by atoms with van der Waals surface area (Å²) in [5.41, 5.74) is 2.31. The lowest BCUT2D eigenvalue weighted by Crippen LogP contribution is -2.30. The summed E-state index contributed by atoms with van der Waals surface area (Å²) in [6.45, 7) is 2.46. The Bertz CT molecular complexity index is 727. The molecule has 0 spiro atoms. The summed E-state index contributed by atoms with van der Waals surface area (Å²) in [6.07, 6.45) is 0.540. The normalized spacial score (nSPS) is 17.8. The summed E-state index contributed by atoms with van der Waals surface area (Å²) in [6, 6.07) is 14.5. The van der Waals surface area contributed by atoms with E-state index in [1.54, 1.807) is 23.1 Å². The SMILES string of the molecule is Cc1ccc(N2CCC(C(=O)c3ccccc3)C2=O)cc1Cl. The smallest absolute Gasteiger partial charge is 0.238 e. The lowest BCUT2D eigenvalue weighted by molar-refractivity contribution is -0.119. The number of hydrogen-bond donors (Lipinski definition) is 0. The quantitative estimate of drug-likeness (QED) is 0.637. The van der Waals surface area contributed by atoms with Crippen molar-refractivity contribution in [2.24, 2.45) is 5.92 Å². The fraction of sp³-hybridized carbons (Fsp3) is 0.222. The predicted octanol–water partition coefficient (Wildman–Crippen LogP) is 3.88. The first-order valence-corrected chi connectivity index (χ1v) is 7.62. The van der Waals surface area contributed by atoms with E-state index in [2.05, 4.69) is 0 Å². The molecular formula is C18H16ClNO2. The first-order chi connectivity index (χ1) is 10.6. The predicted molar refractivity (Wildman–Crippen MR) is 87.4 cm³/mol. The highest BCUT2D eigenvalue weighted by Gasteiger charge is 2.37. The van der Waals surface area contributed by atoms with Gasteiger partial charge in [-0.2, -0.15) is 0 Å². The molecule has 0 aliphatic carbocycles. The number of hydrogen-bond acceptors (Lipinski definition) is 2. The Morgan fingerprint density at radius 3 is 2.59 bits per heavy atom. The van der Waals surface area contributed by atoms with Gasteiger partial charge in [-0.25, -0.2) is 0 Å². The second-order valence-electron chi connectivity index (χ2n) is 5.49. The van der Waals surface area contributed by atoms with Crippen LogP contribution < -0.4 is 4.90 Å². The van der Waals surface area contributed by atoms with Gasteiger partial charge in [0.2, 0.25) is 5.91 Å². The van der Waals surface area contributed by atoms with Gasteiger partial charge in [0.15, 0.2) is 5.78 Å². The Kier molecular flexibility index (Phi) is 3.99. The Morgan fingerprint density at radius 1 is 1.18 bits per heavy atom. The molecule has 1 saturated heterocycles. The van der Waals surface area contributed by atoms with Crippen molar-refractivity contribution in [2.75, 3.05) is 11.4 Å². The molecule has 1 aliphatic rings. The van der Waals surface area contributed by atoms with Crippen LogP contribution in [0, 0.1) is 12.8 Å². The fourth-order valence-corrected chi connectivity index (χ4v) is 2.91. The number of carbonyl (C=O) groups is 2. The van der Waals surface area contributed by atoms with Crippen LogP contribution in [-0.2, 0) is 4.79 Å². The minimum absolute atomic E-state index is 0.105. The lowest BCUT2D eigenvalue weighted by atomic mass is 9.96. The zero-order valence-electron chi connectivity index (χ0n) is 12.3. The first-order valence-electron chi connectivity index (χ1n) is 7.24. The van der Waals surface area contributed by atoms with Gasteiger partial charge < -0.3 is 4.90 Å². The number of carbonyl (C=O) groups excluding carboxylic acids is 2. The zero-order chi connectivity index (χ0) is 15.7. The number of nitrogens with zero attached hydrogens (tertiary/aromatic N) is 1. The van der Waals surface area contributed by atoms with Crippen LogP contribution in [0.25, 0.3) is 0 Å². The third kappa shape index (κ3) is 2.64. The summed E-state index contributed by atoms with van der Waals surface area (Å²) in [4.78, 5) is 26.7.